The van der Waals surface area contributed by atoms with Crippen LogP contribution in [-0.4, -0.2) is 21.9 Å². The molecule has 0 bridgehead atoms. The Morgan fingerprint density at radius 1 is 1.16 bits per heavy atom. The molecule has 0 fully saturated rings. The number of aryl methyl sites for hydroxylation is 1. The van der Waals surface area contributed by atoms with E-state index in [2.05, 4.69) is 22.4 Å². The van der Waals surface area contributed by atoms with Gasteiger partial charge in [-0.3, -0.25) is 10.1 Å². The Morgan fingerprint density at radius 2 is 1.96 bits per heavy atom. The molecule has 1 amide bonds. The van der Waals surface area contributed by atoms with E-state index in [0.717, 1.165) is 16.2 Å². The van der Waals surface area contributed by atoms with Crippen molar-refractivity contribution in [3.8, 4) is 0 Å². The maximum absolute atomic E-state index is 12.3. The first-order chi connectivity index (χ1) is 12.1. The van der Waals surface area contributed by atoms with Crippen LogP contribution in [-0.2, 0) is 6.42 Å². The van der Waals surface area contributed by atoms with Gasteiger partial charge >= 0.3 is 6.01 Å². The van der Waals surface area contributed by atoms with Crippen molar-refractivity contribution in [3.63, 3.8) is 0 Å². The summed E-state index contributed by atoms with van der Waals surface area (Å²) in [5.41, 5.74) is 2.85. The fourth-order valence-corrected chi connectivity index (χ4v) is 3.04. The molecule has 0 aliphatic carbocycles. The average Bonchev–Trinajstić information content (AvgIpc) is 3.04. The topological polar surface area (TPSA) is 68.0 Å². The number of benzene rings is 2. The zero-order valence-electron chi connectivity index (χ0n) is 14.2. The van der Waals surface area contributed by atoms with Gasteiger partial charge in [0.1, 0.15) is 0 Å². The lowest BCUT2D eigenvalue weighted by Crippen LogP contribution is -2.12. The molecule has 0 radical (unpaired) electrons. The monoisotopic (exact) mass is 353 g/mol. The molecule has 0 atom stereocenters. The van der Waals surface area contributed by atoms with Crippen LogP contribution in [0.1, 0.15) is 34.3 Å². The van der Waals surface area contributed by atoms with Crippen molar-refractivity contribution in [1.82, 2.24) is 10.2 Å². The number of thioether (sulfide) groups is 1. The fourth-order valence-electron chi connectivity index (χ4n) is 2.32. The van der Waals surface area contributed by atoms with E-state index in [4.69, 9.17) is 4.42 Å². The predicted molar refractivity (Wildman–Crippen MR) is 99.1 cm³/mol. The van der Waals surface area contributed by atoms with Crippen LogP contribution in [0.5, 0.6) is 0 Å². The second-order valence-electron chi connectivity index (χ2n) is 5.58. The van der Waals surface area contributed by atoms with Crippen LogP contribution in [0.2, 0.25) is 0 Å². The lowest BCUT2D eigenvalue weighted by Gasteiger charge is -2.03. The maximum Gasteiger partial charge on any atom is 0.322 e. The second kappa shape index (κ2) is 7.98. The molecule has 0 spiro atoms. The minimum absolute atomic E-state index is 0.112. The molecule has 0 saturated carbocycles. The third-order valence-electron chi connectivity index (χ3n) is 3.57. The molecular weight excluding hydrogens is 334 g/mol. The van der Waals surface area contributed by atoms with Gasteiger partial charge in [0.2, 0.25) is 5.89 Å². The van der Waals surface area contributed by atoms with Crippen LogP contribution in [0, 0.1) is 6.92 Å². The summed E-state index contributed by atoms with van der Waals surface area (Å²) >= 11 is 1.69. The highest BCUT2D eigenvalue weighted by molar-refractivity contribution is 7.99. The molecule has 1 aromatic heterocycles. The zero-order chi connectivity index (χ0) is 17.6. The van der Waals surface area contributed by atoms with E-state index in [0.29, 0.717) is 17.9 Å². The van der Waals surface area contributed by atoms with E-state index >= 15 is 0 Å². The van der Waals surface area contributed by atoms with Crippen LogP contribution in [0.25, 0.3) is 0 Å². The Kier molecular flexibility index (Phi) is 5.50. The van der Waals surface area contributed by atoms with Gasteiger partial charge in [-0.15, -0.1) is 16.9 Å². The smallest absolute Gasteiger partial charge is 0.322 e. The van der Waals surface area contributed by atoms with Crippen LogP contribution >= 0.6 is 11.8 Å². The van der Waals surface area contributed by atoms with E-state index in [9.17, 15) is 4.79 Å². The minimum atomic E-state index is -0.260. The van der Waals surface area contributed by atoms with E-state index < -0.39 is 0 Å². The van der Waals surface area contributed by atoms with Crippen LogP contribution < -0.4 is 5.32 Å². The number of carbonyl (C=O) groups excluding carboxylic acids is 1. The van der Waals surface area contributed by atoms with Crippen molar-refractivity contribution < 1.29 is 9.21 Å². The Morgan fingerprint density at radius 3 is 2.72 bits per heavy atom. The van der Waals surface area contributed by atoms with Gasteiger partial charge in [-0.05, 0) is 36.4 Å². The summed E-state index contributed by atoms with van der Waals surface area (Å²) in [7, 11) is 0. The maximum atomic E-state index is 12.3. The molecule has 0 aliphatic heterocycles. The molecule has 3 rings (SSSR count). The quantitative estimate of drug-likeness (QED) is 0.668. The highest BCUT2D eigenvalue weighted by Gasteiger charge is 2.12. The number of anilines is 1. The summed E-state index contributed by atoms with van der Waals surface area (Å²) < 4.78 is 5.53. The predicted octanol–water partition coefficient (Wildman–Crippen LogP) is 4.33. The molecule has 0 aliphatic rings. The van der Waals surface area contributed by atoms with Crippen LogP contribution in [0.15, 0.2) is 57.8 Å². The first-order valence-electron chi connectivity index (χ1n) is 8.06. The van der Waals surface area contributed by atoms with Gasteiger partial charge in [0, 0.05) is 10.5 Å². The molecule has 6 heteroatoms. The molecule has 25 heavy (non-hydrogen) atoms. The number of amides is 1. The minimum Gasteiger partial charge on any atom is -0.407 e. The van der Waals surface area contributed by atoms with E-state index in [-0.39, 0.29) is 11.9 Å². The van der Waals surface area contributed by atoms with Gasteiger partial charge < -0.3 is 4.42 Å². The van der Waals surface area contributed by atoms with Gasteiger partial charge in [-0.1, -0.05) is 47.9 Å². The molecule has 1 heterocycles. The number of hydrogen-bond donors (Lipinski definition) is 1. The largest absolute Gasteiger partial charge is 0.407 e. The number of aromatic nitrogens is 2. The fraction of sp³-hybridized carbons (Fsp3) is 0.211. The van der Waals surface area contributed by atoms with Crippen LogP contribution in [0.4, 0.5) is 6.01 Å². The summed E-state index contributed by atoms with van der Waals surface area (Å²) in [5, 5.41) is 10.5. The number of carbonyl (C=O) groups is 1. The van der Waals surface area contributed by atoms with E-state index in [1.807, 2.05) is 49.4 Å². The van der Waals surface area contributed by atoms with E-state index in [1.165, 1.54) is 5.56 Å². The van der Waals surface area contributed by atoms with Crippen molar-refractivity contribution >= 4 is 23.7 Å². The van der Waals surface area contributed by atoms with E-state index in [1.54, 1.807) is 17.8 Å². The molecule has 0 saturated heterocycles. The lowest BCUT2D eigenvalue weighted by molar-refractivity contribution is 0.102. The standard InChI is InChI=1S/C19H19N3O2S/c1-3-25-16-6-4-5-15(12-16)18(23)20-19-22-21-17(24-19)11-14-9-7-13(2)8-10-14/h4-10,12H,3,11H2,1-2H3,(H,20,22,23). The number of nitrogens with one attached hydrogen (secondary N) is 1. The molecule has 2 aromatic carbocycles. The summed E-state index contributed by atoms with van der Waals surface area (Å²) in [6.07, 6.45) is 0.534. The first kappa shape index (κ1) is 17.2. The Labute approximate surface area is 150 Å². The molecule has 3 aromatic rings. The van der Waals surface area contributed by atoms with Gasteiger partial charge in [0.05, 0.1) is 6.42 Å². The van der Waals surface area contributed by atoms with Gasteiger partial charge in [-0.2, -0.15) is 0 Å². The summed E-state index contributed by atoms with van der Waals surface area (Å²) in [6.45, 7) is 4.11. The average molecular weight is 353 g/mol. The Hall–Kier alpha value is -2.60. The second-order valence-corrected chi connectivity index (χ2v) is 6.92. The number of hydrogen-bond acceptors (Lipinski definition) is 5. The van der Waals surface area contributed by atoms with Crippen molar-refractivity contribution in [3.05, 3.63) is 71.1 Å². The first-order valence-corrected chi connectivity index (χ1v) is 9.04. The van der Waals surface area contributed by atoms with Crippen molar-refractivity contribution in [2.75, 3.05) is 11.1 Å². The SMILES string of the molecule is CCSc1cccc(C(=O)Nc2nnc(Cc3ccc(C)cc3)o2)c1. The number of rotatable bonds is 6. The molecule has 5 nitrogen and oxygen atoms in total. The van der Waals surface area contributed by atoms with Gasteiger partial charge in [0.15, 0.2) is 0 Å². The van der Waals surface area contributed by atoms with Crippen molar-refractivity contribution in [2.24, 2.45) is 0 Å². The molecule has 1 N–H and O–H groups in total. The summed E-state index contributed by atoms with van der Waals surface area (Å²) in [6, 6.07) is 15.7. The highest BCUT2D eigenvalue weighted by atomic mass is 32.2. The Bertz CT molecular complexity index is 859. The van der Waals surface area contributed by atoms with Gasteiger partial charge in [0.25, 0.3) is 5.91 Å². The normalized spacial score (nSPS) is 10.6. The van der Waals surface area contributed by atoms with Crippen molar-refractivity contribution in [1.29, 1.82) is 0 Å². The van der Waals surface area contributed by atoms with Gasteiger partial charge in [-0.25, -0.2) is 0 Å². The highest BCUT2D eigenvalue weighted by Crippen LogP contribution is 2.19. The summed E-state index contributed by atoms with van der Waals surface area (Å²) in [5.74, 6) is 1.16. The zero-order valence-corrected chi connectivity index (χ0v) is 15.0. The number of nitrogens with zero attached hydrogens (tertiary/aromatic N) is 2. The third-order valence-corrected chi connectivity index (χ3v) is 4.45. The molecular formula is C19H19N3O2S. The summed E-state index contributed by atoms with van der Waals surface area (Å²) in [4.78, 5) is 13.4. The molecule has 0 unspecified atom stereocenters. The Balaban J connectivity index is 1.65. The van der Waals surface area contributed by atoms with Crippen LogP contribution in [0.3, 0.4) is 0 Å². The molecule has 128 valence electrons. The third kappa shape index (κ3) is 4.70. The lowest BCUT2D eigenvalue weighted by atomic mass is 10.1. The van der Waals surface area contributed by atoms with Crippen molar-refractivity contribution in [2.45, 2.75) is 25.2 Å².